The number of carbonyl (C=O) groups excluding carboxylic acids is 3. The fourth-order valence-corrected chi connectivity index (χ4v) is 3.75. The van der Waals surface area contributed by atoms with Gasteiger partial charge in [0, 0.05) is 26.2 Å². The van der Waals surface area contributed by atoms with Crippen molar-refractivity contribution in [2.24, 2.45) is 0 Å². The van der Waals surface area contributed by atoms with Crippen LogP contribution in [0.4, 0.5) is 11.4 Å². The summed E-state index contributed by atoms with van der Waals surface area (Å²) >= 11 is 0. The molecule has 7 nitrogen and oxygen atoms in total. The third-order valence-corrected chi connectivity index (χ3v) is 5.85. The van der Waals surface area contributed by atoms with E-state index in [1.165, 1.54) is 4.90 Å². The first-order chi connectivity index (χ1) is 16.8. The SMILES string of the molecule is [C-]#[N+]c1ccc(CCCC(=O)OCC(=O)N(C)C)c(NC(=O)C(C)c2cccc3ccccc23)c1. The van der Waals surface area contributed by atoms with Gasteiger partial charge in [-0.2, -0.15) is 0 Å². The van der Waals surface area contributed by atoms with Gasteiger partial charge in [0.1, 0.15) is 0 Å². The van der Waals surface area contributed by atoms with E-state index in [1.807, 2.05) is 49.4 Å². The number of rotatable bonds is 9. The molecule has 0 spiro atoms. The fraction of sp³-hybridized carbons (Fsp3) is 0.286. The zero-order valence-electron chi connectivity index (χ0n) is 20.2. The standard InChI is InChI=1S/C28H29N3O4/c1-19(23-13-7-10-20-9-5-6-12-24(20)23)28(34)30-25-17-22(29-2)16-15-21(25)11-8-14-27(33)35-18-26(32)31(3)4/h5-7,9-10,12-13,15-17,19H,8,11,14,18H2,1,3-4H3,(H,30,34). The lowest BCUT2D eigenvalue weighted by molar-refractivity contribution is -0.151. The third-order valence-electron chi connectivity index (χ3n) is 5.85. The van der Waals surface area contributed by atoms with E-state index in [0.717, 1.165) is 21.9 Å². The Bertz CT molecular complexity index is 1270. The van der Waals surface area contributed by atoms with E-state index in [1.54, 1.807) is 32.3 Å². The molecule has 0 aliphatic carbocycles. The molecule has 0 heterocycles. The Labute approximate surface area is 205 Å². The highest BCUT2D eigenvalue weighted by Gasteiger charge is 2.19. The molecule has 3 rings (SSSR count). The average Bonchev–Trinajstić information content (AvgIpc) is 2.87. The van der Waals surface area contributed by atoms with Crippen LogP contribution in [0.2, 0.25) is 0 Å². The molecule has 0 radical (unpaired) electrons. The number of hydrogen-bond donors (Lipinski definition) is 1. The fourth-order valence-electron chi connectivity index (χ4n) is 3.75. The number of anilines is 1. The number of carbonyl (C=O) groups is 3. The number of aryl methyl sites for hydroxylation is 1. The molecule has 0 aliphatic heterocycles. The van der Waals surface area contributed by atoms with Crippen molar-refractivity contribution in [1.29, 1.82) is 0 Å². The van der Waals surface area contributed by atoms with E-state index in [2.05, 4.69) is 10.2 Å². The summed E-state index contributed by atoms with van der Waals surface area (Å²) in [6.07, 6.45) is 1.13. The second-order valence-corrected chi connectivity index (χ2v) is 8.53. The first-order valence-corrected chi connectivity index (χ1v) is 11.4. The highest BCUT2D eigenvalue weighted by molar-refractivity contribution is 6.00. The Morgan fingerprint density at radius 2 is 1.80 bits per heavy atom. The monoisotopic (exact) mass is 471 g/mol. The molecule has 1 atom stereocenters. The molecule has 2 amide bonds. The number of fused-ring (bicyclic) bond motifs is 1. The van der Waals surface area contributed by atoms with Crippen LogP contribution in [0.5, 0.6) is 0 Å². The molecular weight excluding hydrogens is 442 g/mol. The van der Waals surface area contributed by atoms with Crippen molar-refractivity contribution >= 4 is 39.9 Å². The minimum absolute atomic E-state index is 0.144. The Hall–Kier alpha value is -4.18. The maximum Gasteiger partial charge on any atom is 0.306 e. The predicted octanol–water partition coefficient (Wildman–Crippen LogP) is 5.09. The second kappa shape index (κ2) is 11.8. The van der Waals surface area contributed by atoms with Crippen LogP contribution in [-0.4, -0.2) is 43.4 Å². The first-order valence-electron chi connectivity index (χ1n) is 11.4. The summed E-state index contributed by atoms with van der Waals surface area (Å²) in [4.78, 5) is 41.6. The Balaban J connectivity index is 1.68. The summed E-state index contributed by atoms with van der Waals surface area (Å²) < 4.78 is 5.01. The number of amides is 2. The van der Waals surface area contributed by atoms with Crippen molar-refractivity contribution in [1.82, 2.24) is 4.90 Å². The van der Waals surface area contributed by atoms with Crippen molar-refractivity contribution in [2.75, 3.05) is 26.0 Å². The van der Waals surface area contributed by atoms with Crippen LogP contribution in [0.1, 0.15) is 36.8 Å². The van der Waals surface area contributed by atoms with Gasteiger partial charge in [-0.1, -0.05) is 54.6 Å². The predicted molar refractivity (Wildman–Crippen MR) is 136 cm³/mol. The topological polar surface area (TPSA) is 80.1 Å². The van der Waals surface area contributed by atoms with Gasteiger partial charge in [0.2, 0.25) is 5.91 Å². The lowest BCUT2D eigenvalue weighted by Gasteiger charge is -2.17. The number of benzene rings is 3. The van der Waals surface area contributed by atoms with Crippen LogP contribution in [-0.2, 0) is 25.5 Å². The van der Waals surface area contributed by atoms with E-state index in [4.69, 9.17) is 11.3 Å². The highest BCUT2D eigenvalue weighted by Crippen LogP contribution is 2.29. The lowest BCUT2D eigenvalue weighted by atomic mass is 9.94. The average molecular weight is 472 g/mol. The summed E-state index contributed by atoms with van der Waals surface area (Å²) in [6, 6.07) is 19.0. The summed E-state index contributed by atoms with van der Waals surface area (Å²) in [5, 5.41) is 5.09. The van der Waals surface area contributed by atoms with Crippen LogP contribution < -0.4 is 5.32 Å². The molecule has 180 valence electrons. The normalized spacial score (nSPS) is 11.4. The molecule has 0 fully saturated rings. The molecule has 0 aromatic heterocycles. The summed E-state index contributed by atoms with van der Waals surface area (Å²) in [6.45, 7) is 8.91. The number of likely N-dealkylation sites (N-methyl/N-ethyl adjacent to an activating group) is 1. The molecule has 0 saturated heterocycles. The summed E-state index contributed by atoms with van der Waals surface area (Å²) in [7, 11) is 3.19. The van der Waals surface area contributed by atoms with E-state index in [0.29, 0.717) is 24.2 Å². The highest BCUT2D eigenvalue weighted by atomic mass is 16.5. The Morgan fingerprint density at radius 1 is 1.06 bits per heavy atom. The van der Waals surface area contributed by atoms with Gasteiger partial charge in [-0.05, 0) is 47.7 Å². The van der Waals surface area contributed by atoms with Crippen LogP contribution in [0.3, 0.4) is 0 Å². The number of nitrogens with zero attached hydrogens (tertiary/aromatic N) is 2. The second-order valence-electron chi connectivity index (χ2n) is 8.53. The van der Waals surface area contributed by atoms with Gasteiger partial charge in [-0.15, -0.1) is 0 Å². The first kappa shape index (κ1) is 25.4. The van der Waals surface area contributed by atoms with Gasteiger partial charge in [-0.25, -0.2) is 4.85 Å². The van der Waals surface area contributed by atoms with Gasteiger partial charge < -0.3 is 15.0 Å². The molecule has 1 unspecified atom stereocenters. The quantitative estimate of drug-likeness (QED) is 0.348. The zero-order chi connectivity index (χ0) is 25.4. The van der Waals surface area contributed by atoms with E-state index < -0.39 is 11.9 Å². The zero-order valence-corrected chi connectivity index (χ0v) is 20.2. The smallest absolute Gasteiger partial charge is 0.306 e. The van der Waals surface area contributed by atoms with Gasteiger partial charge in [0.05, 0.1) is 12.5 Å². The van der Waals surface area contributed by atoms with Crippen molar-refractivity contribution < 1.29 is 19.1 Å². The maximum atomic E-state index is 13.2. The van der Waals surface area contributed by atoms with Crippen LogP contribution >= 0.6 is 0 Å². The van der Waals surface area contributed by atoms with Crippen molar-refractivity contribution in [3.05, 3.63) is 83.2 Å². The van der Waals surface area contributed by atoms with E-state index in [9.17, 15) is 14.4 Å². The van der Waals surface area contributed by atoms with Crippen LogP contribution in [0.15, 0.2) is 60.7 Å². The lowest BCUT2D eigenvalue weighted by Crippen LogP contribution is -2.27. The van der Waals surface area contributed by atoms with Crippen LogP contribution in [0.25, 0.3) is 15.6 Å². The van der Waals surface area contributed by atoms with Gasteiger partial charge in [0.25, 0.3) is 5.91 Å². The van der Waals surface area contributed by atoms with Gasteiger partial charge in [0.15, 0.2) is 12.3 Å². The number of nitrogens with one attached hydrogen (secondary N) is 1. The molecular formula is C28H29N3O4. The third kappa shape index (κ3) is 6.67. The molecule has 0 bridgehead atoms. The number of ether oxygens (including phenoxy) is 1. The van der Waals surface area contributed by atoms with Crippen molar-refractivity contribution in [2.45, 2.75) is 32.1 Å². The van der Waals surface area contributed by atoms with Crippen LogP contribution in [0, 0.1) is 6.57 Å². The molecule has 3 aromatic carbocycles. The Morgan fingerprint density at radius 3 is 2.54 bits per heavy atom. The van der Waals surface area contributed by atoms with E-state index in [-0.39, 0.29) is 24.8 Å². The van der Waals surface area contributed by atoms with Gasteiger partial charge >= 0.3 is 5.97 Å². The molecule has 35 heavy (non-hydrogen) atoms. The van der Waals surface area contributed by atoms with E-state index >= 15 is 0 Å². The maximum absolute atomic E-state index is 13.2. The molecule has 0 aliphatic rings. The Kier molecular flexibility index (Phi) is 8.58. The minimum atomic E-state index is -0.451. The summed E-state index contributed by atoms with van der Waals surface area (Å²) in [5.41, 5.74) is 2.74. The molecule has 1 N–H and O–H groups in total. The summed E-state index contributed by atoms with van der Waals surface area (Å²) in [5.74, 6) is -1.31. The minimum Gasteiger partial charge on any atom is -0.456 e. The van der Waals surface area contributed by atoms with Gasteiger partial charge in [-0.3, -0.25) is 14.4 Å². The number of esters is 1. The number of hydrogen-bond acceptors (Lipinski definition) is 4. The molecule has 0 saturated carbocycles. The molecule has 3 aromatic rings. The van der Waals surface area contributed by atoms with Crippen molar-refractivity contribution in [3.63, 3.8) is 0 Å². The van der Waals surface area contributed by atoms with Crippen molar-refractivity contribution in [3.8, 4) is 0 Å². The molecule has 7 heteroatoms. The largest absolute Gasteiger partial charge is 0.456 e.